The van der Waals surface area contributed by atoms with Gasteiger partial charge in [-0.1, -0.05) is 6.92 Å². The van der Waals surface area contributed by atoms with Crippen LogP contribution in [0.3, 0.4) is 0 Å². The van der Waals surface area contributed by atoms with E-state index in [-0.39, 0.29) is 23.1 Å². The summed E-state index contributed by atoms with van der Waals surface area (Å²) >= 11 is 0. The summed E-state index contributed by atoms with van der Waals surface area (Å²) in [6.45, 7) is 3.49. The molecule has 2 heterocycles. The third-order valence-corrected chi connectivity index (χ3v) is 7.68. The molecule has 1 aromatic heterocycles. The summed E-state index contributed by atoms with van der Waals surface area (Å²) in [5.74, 6) is -1.06. The average molecular weight is 464 g/mol. The number of aliphatic carboxylic acids is 1. The molecule has 2 aromatic carbocycles. The molecule has 0 spiro atoms. The fraction of sp³-hybridized carbons (Fsp3) is 0.407. The molecule has 7 heteroatoms. The number of nitrogen functional groups attached to an aromatic ring is 1. The summed E-state index contributed by atoms with van der Waals surface area (Å²) in [4.78, 5) is 11.4. The summed E-state index contributed by atoms with van der Waals surface area (Å²) in [5, 5.41) is 18.2. The highest BCUT2D eigenvalue weighted by Gasteiger charge is 2.44. The van der Waals surface area contributed by atoms with Crippen molar-refractivity contribution in [2.24, 2.45) is 11.3 Å². The minimum Gasteiger partial charge on any atom is -0.481 e. The maximum atomic E-state index is 13.8. The first-order valence-corrected chi connectivity index (χ1v) is 11.8. The zero-order valence-electron chi connectivity index (χ0n) is 19.3. The minimum atomic E-state index is -0.707. The lowest BCUT2D eigenvalue weighted by molar-refractivity contribution is -0.149. The van der Waals surface area contributed by atoms with E-state index < -0.39 is 5.97 Å². The van der Waals surface area contributed by atoms with Gasteiger partial charge in [-0.25, -0.2) is 4.39 Å². The highest BCUT2D eigenvalue weighted by atomic mass is 19.1. The number of hydrogen-bond acceptors (Lipinski definition) is 4. The summed E-state index contributed by atoms with van der Waals surface area (Å²) in [7, 11) is 0. The van der Waals surface area contributed by atoms with Gasteiger partial charge in [0.1, 0.15) is 5.82 Å². The number of carbonyl (C=O) groups is 1. The number of nitrogens with one attached hydrogen (secondary N) is 1. The number of fused-ring (bicyclic) bond motifs is 1. The standard InChI is InChI=1S/C27H30FN3O3/c1-27(12-18(13-27)26(32)33)8-6-21-22-11-23(30)17(14-29)10-24(22)31(20-4-2-19(28)3-5-20)25(21)16-7-9-34-15-16/h2-5,10-11,14,16,18,29H,6-9,12-13,15,30H2,1H3,(H,32,33). The summed E-state index contributed by atoms with van der Waals surface area (Å²) in [5.41, 5.74) is 11.6. The minimum absolute atomic E-state index is 0.00274. The third-order valence-electron chi connectivity index (χ3n) is 7.68. The van der Waals surface area contributed by atoms with Crippen molar-refractivity contribution in [1.29, 1.82) is 5.41 Å². The van der Waals surface area contributed by atoms with E-state index in [0.29, 0.717) is 37.3 Å². The number of carboxylic acid groups (broad SMARTS) is 1. The van der Waals surface area contributed by atoms with E-state index in [0.717, 1.165) is 41.5 Å². The van der Waals surface area contributed by atoms with Gasteiger partial charge in [-0.3, -0.25) is 4.79 Å². The molecule has 1 aliphatic carbocycles. The number of aryl methyl sites for hydroxylation is 1. The Morgan fingerprint density at radius 2 is 2.06 bits per heavy atom. The van der Waals surface area contributed by atoms with Gasteiger partial charge in [0.05, 0.1) is 18.0 Å². The summed E-state index contributed by atoms with van der Waals surface area (Å²) in [6, 6.07) is 10.4. The van der Waals surface area contributed by atoms with Crippen LogP contribution < -0.4 is 5.73 Å². The SMILES string of the molecule is CC1(CCc2c(C3CCOC3)n(-c3ccc(F)cc3)c3cc(C=N)c(N)cc23)CC(C(=O)O)C1. The first-order chi connectivity index (χ1) is 16.3. The molecule has 2 fully saturated rings. The van der Waals surface area contributed by atoms with E-state index in [1.165, 1.54) is 23.9 Å². The Kier molecular flexibility index (Phi) is 5.68. The largest absolute Gasteiger partial charge is 0.481 e. The highest BCUT2D eigenvalue weighted by molar-refractivity contribution is 5.97. The average Bonchev–Trinajstić information content (AvgIpc) is 3.42. The van der Waals surface area contributed by atoms with E-state index in [4.69, 9.17) is 15.9 Å². The Balaban J connectivity index is 1.66. The van der Waals surface area contributed by atoms with Crippen molar-refractivity contribution in [1.82, 2.24) is 4.57 Å². The first kappa shape index (κ1) is 22.6. The van der Waals surface area contributed by atoms with Gasteiger partial charge >= 0.3 is 5.97 Å². The number of nitrogens with zero attached hydrogens (tertiary/aromatic N) is 1. The van der Waals surface area contributed by atoms with Crippen LogP contribution in [0, 0.1) is 22.6 Å². The fourth-order valence-corrected chi connectivity index (χ4v) is 5.82. The van der Waals surface area contributed by atoms with Crippen molar-refractivity contribution >= 4 is 28.8 Å². The van der Waals surface area contributed by atoms with Crippen LogP contribution in [-0.4, -0.2) is 35.1 Å². The maximum Gasteiger partial charge on any atom is 0.306 e. The molecule has 178 valence electrons. The molecule has 0 bridgehead atoms. The van der Waals surface area contributed by atoms with Crippen LogP contribution in [0.4, 0.5) is 10.1 Å². The third kappa shape index (κ3) is 3.88. The van der Waals surface area contributed by atoms with Crippen molar-refractivity contribution in [2.45, 2.75) is 44.9 Å². The maximum absolute atomic E-state index is 13.8. The van der Waals surface area contributed by atoms with Gasteiger partial charge in [-0.2, -0.15) is 0 Å². The number of nitrogens with two attached hydrogens (primary N) is 1. The van der Waals surface area contributed by atoms with Crippen LogP contribution in [0.5, 0.6) is 0 Å². The number of carboxylic acids is 1. The number of ether oxygens (including phenoxy) is 1. The molecule has 0 amide bonds. The van der Waals surface area contributed by atoms with Gasteiger partial charge in [0.2, 0.25) is 0 Å². The van der Waals surface area contributed by atoms with Crippen molar-refractivity contribution < 1.29 is 19.0 Å². The molecule has 1 unspecified atom stereocenters. The Morgan fingerprint density at radius 1 is 1.32 bits per heavy atom. The van der Waals surface area contributed by atoms with Crippen LogP contribution in [0.1, 0.15) is 55.3 Å². The molecule has 2 aliphatic rings. The summed E-state index contributed by atoms with van der Waals surface area (Å²) in [6.07, 6.45) is 5.22. The van der Waals surface area contributed by atoms with Crippen molar-refractivity contribution in [3.05, 3.63) is 59.0 Å². The molecular formula is C27H30FN3O3. The molecular weight excluding hydrogens is 433 g/mol. The van der Waals surface area contributed by atoms with E-state index in [1.807, 2.05) is 12.1 Å². The summed E-state index contributed by atoms with van der Waals surface area (Å²) < 4.78 is 21.7. The fourth-order valence-electron chi connectivity index (χ4n) is 5.82. The van der Waals surface area contributed by atoms with Crippen molar-refractivity contribution in [3.8, 4) is 5.69 Å². The van der Waals surface area contributed by atoms with Gasteiger partial charge in [0, 0.05) is 46.8 Å². The number of anilines is 1. The molecule has 5 rings (SSSR count). The molecule has 4 N–H and O–H groups in total. The molecule has 1 saturated carbocycles. The predicted octanol–water partition coefficient (Wildman–Crippen LogP) is 5.29. The van der Waals surface area contributed by atoms with Crippen molar-refractivity contribution in [2.75, 3.05) is 18.9 Å². The number of rotatable bonds is 7. The molecule has 0 radical (unpaired) electrons. The quantitative estimate of drug-likeness (QED) is 0.327. The van der Waals surface area contributed by atoms with Gasteiger partial charge in [0.15, 0.2) is 0 Å². The van der Waals surface area contributed by atoms with E-state index in [1.54, 1.807) is 12.1 Å². The van der Waals surface area contributed by atoms with Crippen LogP contribution in [0.2, 0.25) is 0 Å². The predicted molar refractivity (Wildman–Crippen MR) is 130 cm³/mol. The Hall–Kier alpha value is -3.19. The number of hydrogen-bond donors (Lipinski definition) is 3. The van der Waals surface area contributed by atoms with Gasteiger partial charge in [-0.15, -0.1) is 0 Å². The number of aromatic nitrogens is 1. The van der Waals surface area contributed by atoms with Crippen LogP contribution in [0.25, 0.3) is 16.6 Å². The van der Waals surface area contributed by atoms with Crippen LogP contribution >= 0.6 is 0 Å². The zero-order valence-corrected chi connectivity index (χ0v) is 19.3. The molecule has 1 atom stereocenters. The lowest BCUT2D eigenvalue weighted by Gasteiger charge is -2.43. The monoisotopic (exact) mass is 463 g/mol. The lowest BCUT2D eigenvalue weighted by Crippen LogP contribution is -2.39. The Bertz CT molecular complexity index is 1250. The van der Waals surface area contributed by atoms with Gasteiger partial charge < -0.3 is 25.6 Å². The van der Waals surface area contributed by atoms with Crippen LogP contribution in [0.15, 0.2) is 36.4 Å². The number of halogens is 1. The van der Waals surface area contributed by atoms with Gasteiger partial charge in [0.25, 0.3) is 0 Å². The smallest absolute Gasteiger partial charge is 0.306 e. The first-order valence-electron chi connectivity index (χ1n) is 11.8. The molecule has 1 aliphatic heterocycles. The molecule has 6 nitrogen and oxygen atoms in total. The van der Waals surface area contributed by atoms with E-state index in [9.17, 15) is 14.3 Å². The van der Waals surface area contributed by atoms with E-state index in [2.05, 4.69) is 11.5 Å². The second-order valence-corrected chi connectivity index (χ2v) is 10.1. The Labute approximate surface area is 198 Å². The van der Waals surface area contributed by atoms with E-state index >= 15 is 0 Å². The Morgan fingerprint density at radius 3 is 2.68 bits per heavy atom. The molecule has 1 saturated heterocycles. The van der Waals surface area contributed by atoms with Crippen molar-refractivity contribution in [3.63, 3.8) is 0 Å². The van der Waals surface area contributed by atoms with Gasteiger partial charge in [-0.05, 0) is 79.5 Å². The topological polar surface area (TPSA) is 101 Å². The molecule has 3 aromatic rings. The molecule has 34 heavy (non-hydrogen) atoms. The normalized spacial score (nSPS) is 24.3. The van der Waals surface area contributed by atoms with Crippen LogP contribution in [-0.2, 0) is 16.0 Å². The number of benzene rings is 2. The zero-order chi connectivity index (χ0) is 24.0. The second-order valence-electron chi connectivity index (χ2n) is 10.1. The lowest BCUT2D eigenvalue weighted by atomic mass is 9.61. The second kappa shape index (κ2) is 8.55. The highest BCUT2D eigenvalue weighted by Crippen LogP contribution is 2.49.